The van der Waals surface area contributed by atoms with Gasteiger partial charge in [-0.1, -0.05) is 322 Å². The minimum atomic E-state index is -0.0304. The lowest BCUT2D eigenvalue weighted by molar-refractivity contribution is 0.0504. The van der Waals surface area contributed by atoms with Crippen molar-refractivity contribution < 1.29 is 47.4 Å². The van der Waals surface area contributed by atoms with Gasteiger partial charge in [0.25, 0.3) is 0 Å². The molecule has 136 heavy (non-hydrogen) atoms. The van der Waals surface area contributed by atoms with Gasteiger partial charge >= 0.3 is 0 Å². The van der Waals surface area contributed by atoms with E-state index < -0.39 is 0 Å². The fourth-order valence-electron chi connectivity index (χ4n) is 15.2. The van der Waals surface area contributed by atoms with Crippen molar-refractivity contribution in [3.8, 4) is 28.7 Å². The summed E-state index contributed by atoms with van der Waals surface area (Å²) in [5, 5.41) is 31.0. The molecule has 0 spiro atoms. The van der Waals surface area contributed by atoms with E-state index in [2.05, 4.69) is 400 Å². The maximum Gasteiger partial charge on any atom is 0.188 e. The number of nitrogens with one attached hydrogen (secondary N) is 5. The van der Waals surface area contributed by atoms with Crippen LogP contribution in [0.2, 0.25) is 0 Å². The van der Waals surface area contributed by atoms with Crippen molar-refractivity contribution in [2.24, 2.45) is 0 Å². The lowest BCUT2D eigenvalue weighted by Crippen LogP contribution is -2.27. The Morgan fingerprint density at radius 1 is 0.243 bits per heavy atom. The van der Waals surface area contributed by atoms with Gasteiger partial charge in [-0.3, -0.25) is 0 Å². The second-order valence-electron chi connectivity index (χ2n) is 41.3. The van der Waals surface area contributed by atoms with Gasteiger partial charge in [0.1, 0.15) is 28.7 Å². The summed E-state index contributed by atoms with van der Waals surface area (Å²) in [7, 11) is 11.0. The number of ether oxygens (including phenoxy) is 10. The second-order valence-corrected chi connectivity index (χ2v) is 47.8. The van der Waals surface area contributed by atoms with E-state index in [0.29, 0.717) is 73.1 Å². The summed E-state index contributed by atoms with van der Waals surface area (Å²) in [4.78, 5) is 0. The Bertz CT molecular complexity index is 5310. The first-order valence-electron chi connectivity index (χ1n) is 48.3. The fourth-order valence-corrected chi connectivity index (χ4v) is 22.6. The van der Waals surface area contributed by atoms with E-state index in [1.165, 1.54) is 153 Å². The molecule has 0 aliphatic carbocycles. The Morgan fingerprint density at radius 2 is 0.493 bits per heavy atom. The zero-order chi connectivity index (χ0) is 101. The number of aryl methyl sites for hydroxylation is 10. The molecular formula is C116H172N5O10P5. The monoisotopic (exact) mass is 1950 g/mol. The van der Waals surface area contributed by atoms with Gasteiger partial charge in [0.05, 0.1) is 0 Å². The zero-order valence-electron chi connectivity index (χ0n) is 90.1. The van der Waals surface area contributed by atoms with Crippen molar-refractivity contribution in [2.45, 2.75) is 306 Å². The van der Waals surface area contributed by atoms with Gasteiger partial charge in [-0.15, -0.1) is 0 Å². The molecule has 0 amide bonds. The molecule has 746 valence electrons. The molecular weight excluding hydrogens is 1780 g/mol. The first kappa shape index (κ1) is 118. The molecule has 0 heterocycles. The summed E-state index contributed by atoms with van der Waals surface area (Å²) < 4.78 is 55.9. The highest BCUT2D eigenvalue weighted by atomic mass is 31.1. The van der Waals surface area contributed by atoms with E-state index in [4.69, 9.17) is 47.4 Å². The molecule has 0 bridgehead atoms. The maximum absolute atomic E-state index is 6.23. The SMILES string of the molecule is COCOc1c(C)cc(C(C)(C)C)cc1Pc1c(C)cccc1CNC(C)C.COCOc1c(C)cc(C)cc1Pc1c(C)cccc1CNC(C)C.COCOc1c(Pc2c(C)cccc2CNC(C)C)cc(C(C)(C)C)cc1C(C)(C)C.COCOc1c(Pc2c(C)cccc2CNC(C)C)cc(C)cc1C(C)(C)C.COCOc1ccc(C)cc1Pc1c(C)cccc1CNC(C)C. The van der Waals surface area contributed by atoms with Crippen LogP contribution in [0.4, 0.5) is 0 Å². The lowest BCUT2D eigenvalue weighted by Gasteiger charge is -2.29. The van der Waals surface area contributed by atoms with Gasteiger partial charge in [-0.25, -0.2) is 0 Å². The first-order chi connectivity index (χ1) is 64.0. The minimum Gasteiger partial charge on any atom is -0.467 e. The van der Waals surface area contributed by atoms with E-state index >= 15 is 0 Å². The molecule has 0 saturated heterocycles. The van der Waals surface area contributed by atoms with Crippen molar-refractivity contribution >= 4 is 95.9 Å². The largest absolute Gasteiger partial charge is 0.467 e. The molecule has 5 unspecified atom stereocenters. The van der Waals surface area contributed by atoms with Gasteiger partial charge in [-0.2, -0.15) is 0 Å². The van der Waals surface area contributed by atoms with Crippen molar-refractivity contribution in [3.63, 3.8) is 0 Å². The van der Waals surface area contributed by atoms with Crippen molar-refractivity contribution in [3.05, 3.63) is 263 Å². The fraction of sp³-hybridized carbons (Fsp3) is 0.483. The van der Waals surface area contributed by atoms with Crippen molar-refractivity contribution in [2.75, 3.05) is 69.5 Å². The molecule has 15 nitrogen and oxygen atoms in total. The molecule has 0 saturated carbocycles. The van der Waals surface area contributed by atoms with E-state index in [-0.39, 0.29) is 55.6 Å². The topological polar surface area (TPSA) is 152 Å². The highest BCUT2D eigenvalue weighted by molar-refractivity contribution is 7.57. The average Bonchev–Trinajstić information content (AvgIpc) is 0.784. The van der Waals surface area contributed by atoms with Crippen molar-refractivity contribution in [1.82, 2.24) is 26.6 Å². The number of rotatable bonds is 40. The summed E-state index contributed by atoms with van der Waals surface area (Å²) in [6.45, 7) is 76.4. The van der Waals surface area contributed by atoms with Crippen LogP contribution in [0.1, 0.15) is 258 Å². The molecule has 0 aliphatic heterocycles. The van der Waals surface area contributed by atoms with E-state index in [1.807, 2.05) is 6.07 Å². The van der Waals surface area contributed by atoms with Crippen LogP contribution in [-0.2, 0) is 78.1 Å². The smallest absolute Gasteiger partial charge is 0.188 e. The quantitative estimate of drug-likeness (QED) is 0.0183. The molecule has 0 fully saturated rings. The standard InChI is InChI=1S/C27H42NO2P.2C24H36NO2P.C21H30NO2P.C20H28NO2P/c1-18(2)28-16-20-13-11-12-19(3)25(20)31-23-15-21(26(4,5)6)14-22(27(7,8)9)24(23)30-17-29-10;1-16(2)25-14-19-11-9-10-18(4)23(19)28-21-13-17(3)12-20(24(5,6)7)22(21)27-15-26-8;1-16(2)25-14-19-11-9-10-17(3)23(19)28-21-13-20(24(5,6)7)12-18(4)22(21)27-15-26-8;1-14(2)22-12-18-9-7-8-16(4)21(18)25-19-11-15(3)10-17(5)20(19)24-13-23-6;1-14(2)21-12-17-8-6-7-16(4)20(17)24-19-11-15(3)9-10-18(19)23-13-22-5/h11-15,18,28,31H,16-17H2,1-10H3;2*9-13,16,25,28H,14-15H2,1-8H3;7-11,14,22,25H,12-13H2,1-6H3;6-11,14,21,24H,12-13H2,1-5H3. The first-order valence-corrected chi connectivity index (χ1v) is 53.3. The Labute approximate surface area is 832 Å². The average molecular weight is 1950 g/mol. The van der Waals surface area contributed by atoms with Gasteiger partial charge in [0, 0.05) is 136 Å². The predicted octanol–water partition coefficient (Wildman–Crippen LogP) is 22.3. The molecule has 10 aromatic carbocycles. The summed E-state index contributed by atoms with van der Waals surface area (Å²) in [5.41, 5.74) is 24.9. The molecule has 5 N–H and O–H groups in total. The van der Waals surface area contributed by atoms with Gasteiger partial charge in [0.15, 0.2) is 34.0 Å². The van der Waals surface area contributed by atoms with Crippen LogP contribution in [0.5, 0.6) is 28.7 Å². The highest BCUT2D eigenvalue weighted by Gasteiger charge is 2.30. The van der Waals surface area contributed by atoms with Crippen molar-refractivity contribution in [1.29, 1.82) is 0 Å². The molecule has 20 heteroatoms. The van der Waals surface area contributed by atoms with E-state index in [9.17, 15) is 0 Å². The molecule has 0 aromatic heterocycles. The minimum absolute atomic E-state index is 0.00207. The lowest BCUT2D eigenvalue weighted by atomic mass is 9.80. The van der Waals surface area contributed by atoms with Crippen LogP contribution < -0.4 is 103 Å². The summed E-state index contributed by atoms with van der Waals surface area (Å²) >= 11 is 0. The number of hydrogen-bond acceptors (Lipinski definition) is 15. The number of methoxy groups -OCH3 is 5. The summed E-state index contributed by atoms with van der Waals surface area (Å²) in [6.07, 6.45) is 0. The maximum atomic E-state index is 6.23. The number of hydrogen-bond donors (Lipinski definition) is 5. The van der Waals surface area contributed by atoms with Crippen LogP contribution in [0.25, 0.3) is 0 Å². The van der Waals surface area contributed by atoms with Gasteiger partial charge < -0.3 is 74.0 Å². The third-order valence-electron chi connectivity index (χ3n) is 22.7. The Morgan fingerprint density at radius 3 is 0.794 bits per heavy atom. The third-order valence-corrected chi connectivity index (χ3v) is 30.8. The van der Waals surface area contributed by atoms with Gasteiger partial charge in [-0.05, 0) is 243 Å². The van der Waals surface area contributed by atoms with E-state index in [1.54, 1.807) is 35.5 Å². The number of benzene rings is 10. The Kier molecular flexibility index (Phi) is 49.4. The van der Waals surface area contributed by atoms with Crippen LogP contribution in [-0.4, -0.2) is 99.7 Å². The van der Waals surface area contributed by atoms with E-state index in [0.717, 1.165) is 67.0 Å². The molecule has 0 radical (unpaired) electrons. The van der Waals surface area contributed by atoms with Crippen LogP contribution in [0, 0.1) is 69.2 Å². The molecule has 10 rings (SSSR count). The molecule has 5 atom stereocenters. The Hall–Kier alpha value is -7.05. The highest BCUT2D eigenvalue weighted by Crippen LogP contribution is 2.40. The Balaban J connectivity index is 0.000000262. The van der Waals surface area contributed by atoms with Crippen LogP contribution in [0.3, 0.4) is 0 Å². The summed E-state index contributed by atoms with van der Waals surface area (Å²) in [6, 6.07) is 59.8. The zero-order valence-corrected chi connectivity index (χ0v) is 95.1. The molecule has 0 aliphatic rings. The molecule has 10 aromatic rings. The van der Waals surface area contributed by atoms with Crippen LogP contribution >= 0.6 is 42.9 Å². The second kappa shape index (κ2) is 57.2. The predicted molar refractivity (Wildman–Crippen MR) is 597 cm³/mol. The normalized spacial score (nSPS) is 12.2. The van der Waals surface area contributed by atoms with Gasteiger partial charge in [0.2, 0.25) is 0 Å². The third kappa shape index (κ3) is 38.4. The summed E-state index contributed by atoms with van der Waals surface area (Å²) in [5.74, 6) is 4.78. The van der Waals surface area contributed by atoms with Crippen LogP contribution in [0.15, 0.2) is 158 Å².